The largest absolute Gasteiger partial charge is 0.394 e. The van der Waals surface area contributed by atoms with Crippen LogP contribution < -0.4 is 0 Å². The minimum absolute atomic E-state index is 0.0567. The van der Waals surface area contributed by atoms with Gasteiger partial charge in [0.25, 0.3) is 0 Å². The minimum Gasteiger partial charge on any atom is -0.394 e. The maximum absolute atomic E-state index is 9.02. The fraction of sp³-hybridized carbons (Fsp3) is 1.00. The molecule has 4 nitrogen and oxygen atoms in total. The predicted octanol–water partition coefficient (Wildman–Crippen LogP) is -0.164. The monoisotopic (exact) mass is 208 g/mol. The van der Waals surface area contributed by atoms with Gasteiger partial charge in [-0.05, 0) is 5.75 Å². The number of aliphatic hydroxyl groups excluding tert-OH is 2. The summed E-state index contributed by atoms with van der Waals surface area (Å²) in [7, 11) is 0. The molecule has 0 spiro atoms. The number of rotatable bonds is 6. The first-order valence-electron chi connectivity index (χ1n) is 4.43. The molecule has 0 saturated carbocycles. The van der Waals surface area contributed by atoms with E-state index in [0.29, 0.717) is 19.0 Å². The average molecular weight is 208 g/mol. The van der Waals surface area contributed by atoms with Gasteiger partial charge in [0.2, 0.25) is 0 Å². The lowest BCUT2D eigenvalue weighted by Gasteiger charge is -2.09. The third-order valence-corrected chi connectivity index (χ3v) is 2.85. The molecule has 1 aliphatic rings. The number of hydrogen-bond donors (Lipinski definition) is 2. The summed E-state index contributed by atoms with van der Waals surface area (Å²) in [5.74, 6) is 1.46. The maximum Gasteiger partial charge on any atom is 0.158 e. The summed E-state index contributed by atoms with van der Waals surface area (Å²) in [6.45, 7) is 1.21. The molecule has 2 N–H and O–H groups in total. The van der Waals surface area contributed by atoms with Crippen LogP contribution in [-0.2, 0) is 9.47 Å². The number of thioether (sulfide) groups is 1. The first-order valence-corrected chi connectivity index (χ1v) is 5.58. The van der Waals surface area contributed by atoms with Gasteiger partial charge in [-0.3, -0.25) is 0 Å². The lowest BCUT2D eigenvalue weighted by Crippen LogP contribution is -2.16. The Morgan fingerprint density at radius 3 is 2.69 bits per heavy atom. The Hall–Kier alpha value is 0.190. The zero-order chi connectivity index (χ0) is 9.52. The third kappa shape index (κ3) is 4.83. The van der Waals surface area contributed by atoms with Crippen LogP contribution in [0.15, 0.2) is 0 Å². The molecule has 13 heavy (non-hydrogen) atoms. The van der Waals surface area contributed by atoms with Gasteiger partial charge in [0.05, 0.1) is 25.9 Å². The van der Waals surface area contributed by atoms with Crippen molar-refractivity contribution in [2.24, 2.45) is 0 Å². The smallest absolute Gasteiger partial charge is 0.158 e. The van der Waals surface area contributed by atoms with Gasteiger partial charge >= 0.3 is 0 Å². The van der Waals surface area contributed by atoms with Crippen molar-refractivity contribution in [3.05, 3.63) is 0 Å². The molecule has 0 aromatic carbocycles. The van der Waals surface area contributed by atoms with E-state index in [9.17, 15) is 0 Å². The molecule has 1 aliphatic heterocycles. The number of hydrogen-bond acceptors (Lipinski definition) is 5. The highest BCUT2D eigenvalue weighted by Crippen LogP contribution is 2.12. The van der Waals surface area contributed by atoms with Crippen molar-refractivity contribution in [1.29, 1.82) is 0 Å². The molecule has 1 rings (SSSR count). The quantitative estimate of drug-likeness (QED) is 0.594. The Balaban J connectivity index is 1.88. The average Bonchev–Trinajstić information content (AvgIpc) is 2.64. The highest BCUT2D eigenvalue weighted by molar-refractivity contribution is 7.99. The SMILES string of the molecule is OCC(O)CSCCC1OCCO1. The molecule has 0 amide bonds. The molecule has 0 bridgehead atoms. The van der Waals surface area contributed by atoms with Crippen LogP contribution in [0.5, 0.6) is 0 Å². The fourth-order valence-electron chi connectivity index (χ4n) is 1.03. The Morgan fingerprint density at radius 2 is 2.08 bits per heavy atom. The van der Waals surface area contributed by atoms with Crippen molar-refractivity contribution in [2.45, 2.75) is 18.8 Å². The molecule has 1 heterocycles. The zero-order valence-electron chi connectivity index (χ0n) is 7.52. The Morgan fingerprint density at radius 1 is 1.38 bits per heavy atom. The van der Waals surface area contributed by atoms with Gasteiger partial charge in [0.1, 0.15) is 0 Å². The van der Waals surface area contributed by atoms with E-state index in [1.165, 1.54) is 0 Å². The van der Waals surface area contributed by atoms with Crippen molar-refractivity contribution in [2.75, 3.05) is 31.3 Å². The molecule has 1 unspecified atom stereocenters. The predicted molar refractivity (Wildman–Crippen MR) is 50.7 cm³/mol. The topological polar surface area (TPSA) is 58.9 Å². The molecule has 0 aromatic heterocycles. The summed E-state index contributed by atoms with van der Waals surface area (Å²) in [5, 5.41) is 17.5. The molecular weight excluding hydrogens is 192 g/mol. The second-order valence-electron chi connectivity index (χ2n) is 2.87. The second-order valence-corrected chi connectivity index (χ2v) is 4.02. The molecule has 1 atom stereocenters. The van der Waals surface area contributed by atoms with E-state index in [2.05, 4.69) is 0 Å². The first kappa shape index (κ1) is 11.3. The molecule has 5 heteroatoms. The van der Waals surface area contributed by atoms with E-state index >= 15 is 0 Å². The van der Waals surface area contributed by atoms with Gasteiger partial charge in [0, 0.05) is 12.2 Å². The summed E-state index contributed by atoms with van der Waals surface area (Å²) in [6.07, 6.45) is 0.192. The van der Waals surface area contributed by atoms with E-state index in [0.717, 1.165) is 12.2 Å². The van der Waals surface area contributed by atoms with Gasteiger partial charge in [-0.25, -0.2) is 0 Å². The standard InChI is InChI=1S/C8H16O4S/c9-5-7(10)6-13-4-1-8-11-2-3-12-8/h7-10H,1-6H2. The molecule has 0 aliphatic carbocycles. The fourth-order valence-corrected chi connectivity index (χ4v) is 1.93. The van der Waals surface area contributed by atoms with Crippen LogP contribution in [0.1, 0.15) is 6.42 Å². The van der Waals surface area contributed by atoms with Gasteiger partial charge in [-0.2, -0.15) is 11.8 Å². The normalized spacial score (nSPS) is 20.8. The van der Waals surface area contributed by atoms with Crippen LogP contribution >= 0.6 is 11.8 Å². The van der Waals surface area contributed by atoms with E-state index in [1.54, 1.807) is 11.8 Å². The number of aliphatic hydroxyl groups is 2. The van der Waals surface area contributed by atoms with Crippen molar-refractivity contribution in [3.8, 4) is 0 Å². The van der Waals surface area contributed by atoms with E-state index < -0.39 is 6.10 Å². The van der Waals surface area contributed by atoms with Crippen molar-refractivity contribution in [3.63, 3.8) is 0 Å². The molecule has 1 fully saturated rings. The third-order valence-electron chi connectivity index (χ3n) is 1.71. The maximum atomic E-state index is 9.02. The zero-order valence-corrected chi connectivity index (χ0v) is 8.33. The Labute approximate surface area is 82.2 Å². The lowest BCUT2D eigenvalue weighted by molar-refractivity contribution is -0.0421. The van der Waals surface area contributed by atoms with Gasteiger partial charge in [0.15, 0.2) is 6.29 Å². The van der Waals surface area contributed by atoms with Crippen LogP contribution in [0.4, 0.5) is 0 Å². The van der Waals surface area contributed by atoms with E-state index in [1.807, 2.05) is 0 Å². The highest BCUT2D eigenvalue weighted by Gasteiger charge is 2.15. The van der Waals surface area contributed by atoms with Crippen LogP contribution in [-0.4, -0.2) is 53.9 Å². The molecule has 0 aromatic rings. The van der Waals surface area contributed by atoms with Gasteiger partial charge in [-0.15, -0.1) is 0 Å². The molecule has 0 radical (unpaired) electrons. The minimum atomic E-state index is -0.601. The molecule has 1 saturated heterocycles. The molecule has 78 valence electrons. The van der Waals surface area contributed by atoms with Crippen molar-refractivity contribution in [1.82, 2.24) is 0 Å². The highest BCUT2D eigenvalue weighted by atomic mass is 32.2. The Kier molecular flexibility index (Phi) is 5.73. The van der Waals surface area contributed by atoms with Gasteiger partial charge < -0.3 is 19.7 Å². The summed E-state index contributed by atoms with van der Waals surface area (Å²) >= 11 is 1.60. The lowest BCUT2D eigenvalue weighted by atomic mass is 10.4. The van der Waals surface area contributed by atoms with E-state index in [-0.39, 0.29) is 12.9 Å². The summed E-state index contributed by atoms with van der Waals surface area (Å²) in [6, 6.07) is 0. The summed E-state index contributed by atoms with van der Waals surface area (Å²) < 4.78 is 10.5. The second kappa shape index (κ2) is 6.62. The van der Waals surface area contributed by atoms with Gasteiger partial charge in [-0.1, -0.05) is 0 Å². The summed E-state index contributed by atoms with van der Waals surface area (Å²) in [4.78, 5) is 0. The van der Waals surface area contributed by atoms with Crippen LogP contribution in [0.3, 0.4) is 0 Å². The van der Waals surface area contributed by atoms with Crippen LogP contribution in [0.25, 0.3) is 0 Å². The van der Waals surface area contributed by atoms with E-state index in [4.69, 9.17) is 19.7 Å². The Bertz CT molecular complexity index is 127. The van der Waals surface area contributed by atoms with Crippen LogP contribution in [0.2, 0.25) is 0 Å². The number of ether oxygens (including phenoxy) is 2. The summed E-state index contributed by atoms with van der Waals surface area (Å²) in [5.41, 5.74) is 0. The first-order chi connectivity index (χ1) is 6.33. The van der Waals surface area contributed by atoms with Crippen molar-refractivity contribution >= 4 is 11.8 Å². The molecular formula is C8H16O4S. The van der Waals surface area contributed by atoms with Crippen molar-refractivity contribution < 1.29 is 19.7 Å². The van der Waals surface area contributed by atoms with Crippen LogP contribution in [0, 0.1) is 0 Å².